The van der Waals surface area contributed by atoms with Crippen molar-refractivity contribution in [2.24, 2.45) is 5.41 Å². The van der Waals surface area contributed by atoms with Crippen molar-refractivity contribution < 1.29 is 5.11 Å². The van der Waals surface area contributed by atoms with E-state index in [1.165, 1.54) is 0 Å². The van der Waals surface area contributed by atoms with E-state index < -0.39 is 0 Å². The van der Waals surface area contributed by atoms with Crippen LogP contribution in [-0.2, 0) is 6.54 Å². The van der Waals surface area contributed by atoms with Crippen molar-refractivity contribution in [3.8, 4) is 0 Å². The van der Waals surface area contributed by atoms with Crippen LogP contribution in [0.5, 0.6) is 0 Å². The first-order chi connectivity index (χ1) is 10.3. The Labute approximate surface area is 141 Å². The molecule has 1 N–H and O–H groups in total. The molecule has 0 saturated carbocycles. The second-order valence-corrected chi connectivity index (χ2v) is 7.66. The summed E-state index contributed by atoms with van der Waals surface area (Å²) in [4.78, 5) is 6.91. The molecule has 0 amide bonds. The van der Waals surface area contributed by atoms with Crippen LogP contribution in [0, 0.1) is 5.41 Å². The summed E-state index contributed by atoms with van der Waals surface area (Å²) in [7, 11) is 0. The highest BCUT2D eigenvalue weighted by atomic mass is 35.5. The van der Waals surface area contributed by atoms with Gasteiger partial charge in [0.05, 0.1) is 15.7 Å². The van der Waals surface area contributed by atoms with Crippen LogP contribution in [0.3, 0.4) is 0 Å². The van der Waals surface area contributed by atoms with E-state index >= 15 is 0 Å². The summed E-state index contributed by atoms with van der Waals surface area (Å²) >= 11 is 12.2. The molecule has 6 heteroatoms. The Morgan fingerprint density at radius 2 is 2.00 bits per heavy atom. The first-order valence-electron chi connectivity index (χ1n) is 7.44. The van der Waals surface area contributed by atoms with Crippen LogP contribution in [0.4, 0.5) is 0 Å². The predicted octanol–water partition coefficient (Wildman–Crippen LogP) is 3.87. The number of aliphatic hydroxyl groups is 1. The normalized spacial score (nSPS) is 12.5. The van der Waals surface area contributed by atoms with Crippen molar-refractivity contribution in [3.63, 3.8) is 0 Å². The molecule has 0 spiro atoms. The lowest BCUT2D eigenvalue weighted by Gasteiger charge is -2.29. The van der Waals surface area contributed by atoms with Gasteiger partial charge >= 0.3 is 0 Å². The average Bonchev–Trinajstić information content (AvgIpc) is 2.76. The van der Waals surface area contributed by atoms with Gasteiger partial charge in [-0.05, 0) is 17.9 Å². The van der Waals surface area contributed by atoms with E-state index in [1.54, 1.807) is 12.3 Å². The molecule has 0 aromatic carbocycles. The highest BCUT2D eigenvalue weighted by molar-refractivity contribution is 6.36. The van der Waals surface area contributed by atoms with Crippen LogP contribution in [0.1, 0.15) is 32.9 Å². The Balaban J connectivity index is 2.20. The molecular formula is C16H23Cl2N3O. The summed E-state index contributed by atoms with van der Waals surface area (Å²) in [6, 6.07) is 1.70. The summed E-state index contributed by atoms with van der Waals surface area (Å²) in [6.45, 7) is 9.34. The summed E-state index contributed by atoms with van der Waals surface area (Å²) in [5, 5.41) is 10.2. The van der Waals surface area contributed by atoms with Crippen LogP contribution >= 0.6 is 23.2 Å². The van der Waals surface area contributed by atoms with E-state index in [9.17, 15) is 0 Å². The third-order valence-electron chi connectivity index (χ3n) is 3.24. The Morgan fingerprint density at radius 1 is 1.27 bits per heavy atom. The number of pyridine rings is 1. The topological polar surface area (TPSA) is 40.8 Å². The number of hydrogen-bond donors (Lipinski definition) is 1. The number of aliphatic hydroxyl groups excluding tert-OH is 1. The minimum absolute atomic E-state index is 0.190. The Kier molecular flexibility index (Phi) is 5.72. The van der Waals surface area contributed by atoms with Crippen LogP contribution in [-0.4, -0.2) is 39.1 Å². The second kappa shape index (κ2) is 7.18. The molecule has 0 saturated heterocycles. The van der Waals surface area contributed by atoms with Gasteiger partial charge < -0.3 is 9.51 Å². The smallest absolute Gasteiger partial charge is 0.156 e. The fourth-order valence-electron chi connectivity index (χ4n) is 2.56. The Bertz CT molecular complexity index is 634. The van der Waals surface area contributed by atoms with E-state index in [2.05, 4.69) is 30.7 Å². The molecule has 0 atom stereocenters. The zero-order valence-electron chi connectivity index (χ0n) is 13.3. The number of fused-ring (bicyclic) bond motifs is 1. The molecule has 0 aliphatic rings. The minimum atomic E-state index is 0.190. The molecule has 0 bridgehead atoms. The largest absolute Gasteiger partial charge is 0.396 e. The summed E-state index contributed by atoms with van der Waals surface area (Å²) in [6.07, 6.45) is 4.53. The SMILES string of the molecule is CC(C)(C)CN(CCCO)Cc1cn2cc(Cl)cc(Cl)c2n1. The third kappa shape index (κ3) is 4.85. The van der Waals surface area contributed by atoms with Gasteiger partial charge in [0, 0.05) is 38.6 Å². The molecule has 2 aromatic rings. The summed E-state index contributed by atoms with van der Waals surface area (Å²) < 4.78 is 1.86. The lowest BCUT2D eigenvalue weighted by atomic mass is 9.96. The summed E-state index contributed by atoms with van der Waals surface area (Å²) in [5.74, 6) is 0. The number of rotatable bonds is 6. The number of halogens is 2. The maximum absolute atomic E-state index is 9.08. The van der Waals surface area contributed by atoms with Crippen LogP contribution < -0.4 is 0 Å². The first-order valence-corrected chi connectivity index (χ1v) is 8.20. The van der Waals surface area contributed by atoms with Gasteiger partial charge in [-0.3, -0.25) is 4.90 Å². The van der Waals surface area contributed by atoms with Crippen molar-refractivity contribution >= 4 is 28.8 Å². The Morgan fingerprint density at radius 3 is 2.64 bits per heavy atom. The molecule has 4 nitrogen and oxygen atoms in total. The monoisotopic (exact) mass is 343 g/mol. The first kappa shape index (κ1) is 17.5. The van der Waals surface area contributed by atoms with Crippen molar-refractivity contribution in [3.05, 3.63) is 34.2 Å². The van der Waals surface area contributed by atoms with Crippen LogP contribution in [0.25, 0.3) is 5.65 Å². The lowest BCUT2D eigenvalue weighted by Crippen LogP contribution is -2.33. The lowest BCUT2D eigenvalue weighted by molar-refractivity contribution is 0.165. The molecule has 0 aliphatic heterocycles. The zero-order valence-corrected chi connectivity index (χ0v) is 14.8. The van der Waals surface area contributed by atoms with Crippen LogP contribution in [0.2, 0.25) is 10.0 Å². The number of hydrogen-bond acceptors (Lipinski definition) is 3. The van der Waals surface area contributed by atoms with E-state index in [0.717, 1.165) is 37.4 Å². The minimum Gasteiger partial charge on any atom is -0.396 e. The molecule has 2 heterocycles. The molecule has 2 aromatic heterocycles. The van der Waals surface area contributed by atoms with Gasteiger partial charge in [0.25, 0.3) is 0 Å². The van der Waals surface area contributed by atoms with E-state index in [4.69, 9.17) is 28.3 Å². The highest BCUT2D eigenvalue weighted by Gasteiger charge is 2.18. The quantitative estimate of drug-likeness (QED) is 0.865. The maximum atomic E-state index is 9.08. The van der Waals surface area contributed by atoms with Crippen molar-refractivity contribution in [2.45, 2.75) is 33.7 Å². The Hall–Kier alpha value is -0.810. The predicted molar refractivity (Wildman–Crippen MR) is 91.6 cm³/mol. The number of nitrogens with zero attached hydrogens (tertiary/aromatic N) is 3. The maximum Gasteiger partial charge on any atom is 0.156 e. The molecule has 22 heavy (non-hydrogen) atoms. The van der Waals surface area contributed by atoms with E-state index in [0.29, 0.717) is 10.0 Å². The molecule has 122 valence electrons. The van der Waals surface area contributed by atoms with Gasteiger partial charge in [0.1, 0.15) is 0 Å². The van der Waals surface area contributed by atoms with Gasteiger partial charge in [0.15, 0.2) is 5.65 Å². The zero-order chi connectivity index (χ0) is 16.3. The standard InChI is InChI=1S/C16H23Cl2N3O/c1-16(2,3)11-20(5-4-6-22)9-13-10-21-8-12(17)7-14(18)15(21)19-13/h7-8,10,22H,4-6,9,11H2,1-3H3. The van der Waals surface area contributed by atoms with Crippen molar-refractivity contribution in [1.29, 1.82) is 0 Å². The van der Waals surface area contributed by atoms with Crippen molar-refractivity contribution in [2.75, 3.05) is 19.7 Å². The molecule has 0 radical (unpaired) electrons. The van der Waals surface area contributed by atoms with Gasteiger partial charge in [-0.2, -0.15) is 0 Å². The van der Waals surface area contributed by atoms with Gasteiger partial charge in [-0.1, -0.05) is 44.0 Å². The average molecular weight is 344 g/mol. The third-order valence-corrected chi connectivity index (χ3v) is 3.72. The fraction of sp³-hybridized carbons (Fsp3) is 0.562. The molecule has 0 aliphatic carbocycles. The number of imidazole rings is 1. The molecule has 0 fully saturated rings. The van der Waals surface area contributed by atoms with E-state index in [-0.39, 0.29) is 12.0 Å². The fourth-order valence-corrected chi connectivity index (χ4v) is 3.09. The molecule has 0 unspecified atom stereocenters. The molecular weight excluding hydrogens is 321 g/mol. The summed E-state index contributed by atoms with van der Waals surface area (Å²) in [5.41, 5.74) is 1.86. The van der Waals surface area contributed by atoms with E-state index in [1.807, 2.05) is 10.6 Å². The number of aromatic nitrogens is 2. The van der Waals surface area contributed by atoms with Gasteiger partial charge in [-0.15, -0.1) is 0 Å². The second-order valence-electron chi connectivity index (χ2n) is 6.82. The van der Waals surface area contributed by atoms with Gasteiger partial charge in [-0.25, -0.2) is 4.98 Å². The molecule has 2 rings (SSSR count). The van der Waals surface area contributed by atoms with Crippen LogP contribution in [0.15, 0.2) is 18.5 Å². The highest BCUT2D eigenvalue weighted by Crippen LogP contribution is 2.23. The van der Waals surface area contributed by atoms with Gasteiger partial charge in [0.2, 0.25) is 0 Å². The van der Waals surface area contributed by atoms with Crippen molar-refractivity contribution in [1.82, 2.24) is 14.3 Å².